The second-order valence-corrected chi connectivity index (χ2v) is 14.6. The number of ketones is 2. The van der Waals surface area contributed by atoms with Crippen molar-refractivity contribution in [1.29, 1.82) is 0 Å². The molecule has 0 heterocycles. The Kier molecular flexibility index (Phi) is 8.31. The van der Waals surface area contributed by atoms with Crippen LogP contribution in [0.25, 0.3) is 5.57 Å². The number of ether oxygens (including phenoxy) is 2. The summed E-state index contributed by atoms with van der Waals surface area (Å²) in [5.74, 6) is 0.284. The Morgan fingerprint density at radius 2 is 1.02 bits per heavy atom. The molecule has 5 aromatic carbocycles. The van der Waals surface area contributed by atoms with Crippen molar-refractivity contribution in [3.05, 3.63) is 162 Å². The molecule has 0 amide bonds. The minimum atomic E-state index is -2.32. The third kappa shape index (κ3) is 5.43. The van der Waals surface area contributed by atoms with Gasteiger partial charge in [-0.1, -0.05) is 18.2 Å². The van der Waals surface area contributed by atoms with E-state index in [1.807, 2.05) is 24.3 Å². The van der Waals surface area contributed by atoms with Gasteiger partial charge in [0, 0.05) is 0 Å². The van der Waals surface area contributed by atoms with Gasteiger partial charge in [-0.2, -0.15) is 0 Å². The molecule has 4 nitrogen and oxygen atoms in total. The van der Waals surface area contributed by atoms with Crippen LogP contribution in [0.3, 0.4) is 0 Å². The number of hydrogen-bond donors (Lipinski definition) is 0. The Balaban J connectivity index is 1.22. The fraction of sp³-hybridized carbons (Fsp3) is 0.105. The molecule has 1 aliphatic carbocycles. The van der Waals surface area contributed by atoms with Crippen molar-refractivity contribution in [3.8, 4) is 5.75 Å². The normalized spacial score (nSPS) is 13.4. The van der Waals surface area contributed by atoms with Crippen molar-refractivity contribution >= 4 is 40.3 Å². The number of carbonyl (C=O) groups excluding carboxylic acids is 2. The quantitative estimate of drug-likeness (QED) is 0.137. The van der Waals surface area contributed by atoms with Crippen molar-refractivity contribution in [2.75, 3.05) is 19.9 Å². The Bertz CT molecular complexity index is 1670. The molecule has 1 aliphatic rings. The van der Waals surface area contributed by atoms with Crippen LogP contribution in [-0.2, 0) is 4.74 Å². The molecule has 0 bridgehead atoms. The first-order chi connectivity index (χ1) is 21.1. The maximum absolute atomic E-state index is 13.4. The van der Waals surface area contributed by atoms with Crippen LogP contribution in [0.1, 0.15) is 32.7 Å². The number of carbonyl (C=O) groups is 2. The zero-order valence-corrected chi connectivity index (χ0v) is 25.0. The molecule has 0 atom stereocenters. The topological polar surface area (TPSA) is 52.6 Å². The first-order valence-corrected chi connectivity index (χ1v) is 16.7. The summed E-state index contributed by atoms with van der Waals surface area (Å²) >= 11 is 0. The van der Waals surface area contributed by atoms with Crippen molar-refractivity contribution in [3.63, 3.8) is 0 Å². The molecule has 0 radical (unpaired) electrons. The van der Waals surface area contributed by atoms with Gasteiger partial charge in [0.1, 0.15) is 0 Å². The summed E-state index contributed by atoms with van der Waals surface area (Å²) < 4.78 is 11.7. The van der Waals surface area contributed by atoms with Crippen LogP contribution in [0.2, 0.25) is 0 Å². The molecule has 43 heavy (non-hydrogen) atoms. The van der Waals surface area contributed by atoms with E-state index in [0.717, 1.165) is 12.6 Å². The van der Waals surface area contributed by atoms with Crippen LogP contribution in [-0.4, -0.2) is 31.4 Å². The van der Waals surface area contributed by atoms with Crippen molar-refractivity contribution < 1.29 is 19.1 Å². The van der Waals surface area contributed by atoms with E-state index in [-0.39, 0.29) is 22.9 Å². The molecule has 214 valence electrons. The fourth-order valence-corrected chi connectivity index (χ4v) is 11.0. The molecule has 0 saturated carbocycles. The summed E-state index contributed by atoms with van der Waals surface area (Å²) in [6.07, 6.45) is 1.86. The molecule has 0 unspecified atom stereocenters. The van der Waals surface area contributed by atoms with E-state index in [1.54, 1.807) is 24.3 Å². The molecule has 0 spiro atoms. The molecule has 6 rings (SSSR count). The van der Waals surface area contributed by atoms with Crippen LogP contribution in [0.4, 0.5) is 0 Å². The van der Waals surface area contributed by atoms with Crippen LogP contribution in [0.15, 0.2) is 145 Å². The molecule has 5 heteroatoms. The first kappa shape index (κ1) is 28.3. The van der Waals surface area contributed by atoms with Crippen LogP contribution < -0.4 is 20.7 Å². The summed E-state index contributed by atoms with van der Waals surface area (Å²) in [7, 11) is -0.892. The van der Waals surface area contributed by atoms with Gasteiger partial charge in [-0.05, 0) is 0 Å². The Morgan fingerprint density at radius 3 is 1.51 bits per heavy atom. The Labute approximate surface area is 253 Å². The average molecular weight is 585 g/mol. The average Bonchev–Trinajstić information content (AvgIpc) is 3.08. The van der Waals surface area contributed by atoms with Gasteiger partial charge in [-0.25, -0.2) is 0 Å². The van der Waals surface area contributed by atoms with E-state index in [2.05, 4.69) is 91.0 Å². The van der Waals surface area contributed by atoms with Crippen LogP contribution >= 0.6 is 7.26 Å². The zero-order chi connectivity index (χ0) is 29.6. The van der Waals surface area contributed by atoms with Gasteiger partial charge in [0.25, 0.3) is 0 Å². The summed E-state index contributed by atoms with van der Waals surface area (Å²) in [6, 6.07) is 46.8. The maximum atomic E-state index is 13.4. The monoisotopic (exact) mass is 584 g/mol. The number of methoxy groups -OCH3 is 1. The van der Waals surface area contributed by atoms with E-state index >= 15 is 0 Å². The molecule has 0 N–H and O–H groups in total. The van der Waals surface area contributed by atoms with Gasteiger partial charge in [0.05, 0.1) is 0 Å². The number of fused-ring (bicyclic) bond motifs is 1. The van der Waals surface area contributed by atoms with Gasteiger partial charge in [0.15, 0.2) is 0 Å². The van der Waals surface area contributed by atoms with Crippen molar-refractivity contribution in [2.45, 2.75) is 6.42 Å². The molecule has 0 saturated heterocycles. The van der Waals surface area contributed by atoms with E-state index in [1.165, 1.54) is 23.0 Å². The number of hydrogen-bond acceptors (Lipinski definition) is 4. The van der Waals surface area contributed by atoms with Gasteiger partial charge in [0.2, 0.25) is 0 Å². The molecule has 0 aromatic heterocycles. The number of allylic oxidation sites excluding steroid dienone is 2. The fourth-order valence-electron chi connectivity index (χ4n) is 6.16. The summed E-state index contributed by atoms with van der Waals surface area (Å²) in [4.78, 5) is 26.4. The Morgan fingerprint density at radius 1 is 0.558 bits per heavy atom. The van der Waals surface area contributed by atoms with Gasteiger partial charge in [-0.15, -0.1) is 0 Å². The standard InChI is InChI=1S/C38H33O4P/c1-41-38-35(36(39)33-20-11-12-21-34(33)37(38)40)28-22-24-29(25-23-28)42-26-13-27-43(30-14-5-2-6-15-30,31-16-7-3-8-17-31)32-18-9-4-10-19-32/h2-12,14-25,43H,13,26-27H2,1H3. The second kappa shape index (κ2) is 12.6. The van der Waals surface area contributed by atoms with E-state index < -0.39 is 7.26 Å². The summed E-state index contributed by atoms with van der Waals surface area (Å²) in [6.45, 7) is 0.553. The molecule has 0 aliphatic heterocycles. The van der Waals surface area contributed by atoms with E-state index in [4.69, 9.17) is 9.47 Å². The zero-order valence-electron chi connectivity index (χ0n) is 24.0. The van der Waals surface area contributed by atoms with Crippen LogP contribution in [0, 0.1) is 0 Å². The Hall–Kier alpha value is -4.79. The summed E-state index contributed by atoms with van der Waals surface area (Å²) in [5, 5.41) is 4.15. The van der Waals surface area contributed by atoms with Crippen LogP contribution in [0.5, 0.6) is 5.75 Å². The van der Waals surface area contributed by atoms with Crippen molar-refractivity contribution in [1.82, 2.24) is 0 Å². The molecular formula is C38H33O4P. The van der Waals surface area contributed by atoms with Gasteiger partial charge >= 0.3 is 235 Å². The molecule has 5 aromatic rings. The third-order valence-electron chi connectivity index (χ3n) is 8.19. The van der Waals surface area contributed by atoms with Gasteiger partial charge < -0.3 is 0 Å². The van der Waals surface area contributed by atoms with E-state index in [0.29, 0.717) is 29.0 Å². The molecule has 0 fully saturated rings. The molecular weight excluding hydrogens is 551 g/mol. The summed E-state index contributed by atoms with van der Waals surface area (Å²) in [5.41, 5.74) is 1.67. The van der Waals surface area contributed by atoms with Crippen molar-refractivity contribution in [2.24, 2.45) is 0 Å². The number of rotatable bonds is 10. The van der Waals surface area contributed by atoms with E-state index in [9.17, 15) is 9.59 Å². The second-order valence-electron chi connectivity index (χ2n) is 10.6. The van der Waals surface area contributed by atoms with Gasteiger partial charge in [-0.3, -0.25) is 0 Å². The number of Topliss-reactive ketones (excluding diaryl/α,β-unsaturated/α-hetero) is 2. The predicted octanol–water partition coefficient (Wildman–Crippen LogP) is 6.62. The first-order valence-electron chi connectivity index (χ1n) is 14.5. The minimum absolute atomic E-state index is 0.0707. The SMILES string of the molecule is COC1=C(c2ccc(OCCC[PH](c3ccccc3)(c3ccccc3)c3ccccc3)cc2)C(=O)c2ccccc2C1=O. The predicted molar refractivity (Wildman–Crippen MR) is 177 cm³/mol. The third-order valence-corrected chi connectivity index (χ3v) is 13.2. The number of benzene rings is 5.